The molecular weight excluding hydrogens is 322 g/mol. The second-order valence-corrected chi connectivity index (χ2v) is 6.62. The van der Waals surface area contributed by atoms with Crippen molar-refractivity contribution in [2.75, 3.05) is 11.9 Å². The van der Waals surface area contributed by atoms with Crippen LogP contribution < -0.4 is 5.32 Å². The van der Waals surface area contributed by atoms with Crippen molar-refractivity contribution in [2.24, 2.45) is 0 Å². The summed E-state index contributed by atoms with van der Waals surface area (Å²) in [5.41, 5.74) is -0.195. The van der Waals surface area contributed by atoms with Crippen LogP contribution in [-0.2, 0) is 9.53 Å². The Bertz CT molecular complexity index is 425. The zero-order valence-corrected chi connectivity index (χ0v) is 15.7. The van der Waals surface area contributed by atoms with E-state index in [9.17, 15) is 4.79 Å². The minimum absolute atomic E-state index is 0.310. The van der Waals surface area contributed by atoms with Crippen molar-refractivity contribution in [1.82, 2.24) is 0 Å². The molecule has 0 fully saturated rings. The van der Waals surface area contributed by atoms with Gasteiger partial charge in [0.15, 0.2) is 0 Å². The molecule has 24 heavy (non-hydrogen) atoms. The first kappa shape index (κ1) is 21.0. The van der Waals surface area contributed by atoms with E-state index >= 15 is 0 Å². The Balaban J connectivity index is 1.94. The molecule has 0 radical (unpaired) electrons. The van der Waals surface area contributed by atoms with Gasteiger partial charge in [-0.3, -0.25) is 4.79 Å². The van der Waals surface area contributed by atoms with Gasteiger partial charge in [-0.05, 0) is 18.6 Å². The first-order valence-corrected chi connectivity index (χ1v) is 9.79. The van der Waals surface area contributed by atoms with Gasteiger partial charge in [0.1, 0.15) is 0 Å². The minimum atomic E-state index is -0.927. The molecule has 1 rings (SSSR count). The quantitative estimate of drug-likeness (QED) is 0.323. The van der Waals surface area contributed by atoms with Gasteiger partial charge in [-0.15, -0.1) is 0 Å². The van der Waals surface area contributed by atoms with E-state index in [0.717, 1.165) is 18.5 Å². The van der Waals surface area contributed by atoms with Gasteiger partial charge in [-0.25, -0.2) is 0 Å². The molecule has 1 atom stereocenters. The Labute approximate surface area is 152 Å². The van der Waals surface area contributed by atoms with E-state index in [-0.39, 0.29) is 5.91 Å². The average molecular weight is 354 g/mol. The highest BCUT2D eigenvalue weighted by Gasteiger charge is 2.15. The molecule has 1 unspecified atom stereocenters. The second-order valence-electron chi connectivity index (χ2n) is 6.22. The summed E-state index contributed by atoms with van der Waals surface area (Å²) in [6.45, 7) is 2.78. The third-order valence-electron chi connectivity index (χ3n) is 4.01. The van der Waals surface area contributed by atoms with Crippen molar-refractivity contribution in [3.05, 3.63) is 30.3 Å². The van der Waals surface area contributed by atoms with Crippen molar-refractivity contribution < 1.29 is 9.53 Å². The number of unbranched alkanes of at least 4 members (excludes halogenated alkanes) is 9. The van der Waals surface area contributed by atoms with Gasteiger partial charge in [0.25, 0.3) is 5.91 Å². The van der Waals surface area contributed by atoms with E-state index in [1.165, 1.54) is 51.4 Å². The van der Waals surface area contributed by atoms with Crippen LogP contribution in [0.15, 0.2) is 30.3 Å². The number of hydrogen-bond acceptors (Lipinski definition) is 2. The monoisotopic (exact) mass is 353 g/mol. The smallest absolute Gasteiger partial charge is 0.269 e. The highest BCUT2D eigenvalue weighted by atomic mass is 35.5. The fourth-order valence-electron chi connectivity index (χ4n) is 2.57. The normalized spacial score (nSPS) is 12.1. The molecule has 1 aromatic rings. The number of alkyl halides is 1. The third-order valence-corrected chi connectivity index (χ3v) is 4.33. The molecule has 4 heteroatoms. The molecule has 0 heterocycles. The number of para-hydroxylation sites is 1. The third kappa shape index (κ3) is 10.7. The van der Waals surface area contributed by atoms with Gasteiger partial charge in [0.05, 0.1) is 0 Å². The largest absolute Gasteiger partial charge is 0.353 e. The summed E-state index contributed by atoms with van der Waals surface area (Å²) >= 11 is 5.97. The summed E-state index contributed by atoms with van der Waals surface area (Å²) in [7, 11) is 0. The lowest BCUT2D eigenvalue weighted by Crippen LogP contribution is -2.26. The van der Waals surface area contributed by atoms with E-state index in [1.807, 2.05) is 30.3 Å². The fourth-order valence-corrected chi connectivity index (χ4v) is 2.72. The molecule has 0 bridgehead atoms. The van der Waals surface area contributed by atoms with Gasteiger partial charge < -0.3 is 10.1 Å². The molecule has 136 valence electrons. The van der Waals surface area contributed by atoms with Crippen molar-refractivity contribution in [1.29, 1.82) is 0 Å². The van der Waals surface area contributed by atoms with E-state index in [0.29, 0.717) is 6.61 Å². The molecule has 1 N–H and O–H groups in total. The van der Waals surface area contributed by atoms with Crippen LogP contribution in [0.1, 0.15) is 71.1 Å². The van der Waals surface area contributed by atoms with E-state index in [1.54, 1.807) is 0 Å². The highest BCUT2D eigenvalue weighted by Crippen LogP contribution is 2.12. The lowest BCUT2D eigenvalue weighted by Gasteiger charge is -2.11. The van der Waals surface area contributed by atoms with Crippen LogP contribution in [0.25, 0.3) is 0 Å². The van der Waals surface area contributed by atoms with E-state index in [2.05, 4.69) is 12.2 Å². The van der Waals surface area contributed by atoms with Crippen LogP contribution in [0, 0.1) is 0 Å². The number of halogens is 1. The van der Waals surface area contributed by atoms with Crippen molar-refractivity contribution in [3.63, 3.8) is 0 Å². The molecule has 0 aliphatic carbocycles. The maximum Gasteiger partial charge on any atom is 0.269 e. The fraction of sp³-hybridized carbons (Fsp3) is 0.650. The molecule has 3 nitrogen and oxygen atoms in total. The molecular formula is C20H32ClNO2. The Morgan fingerprint density at radius 2 is 1.50 bits per heavy atom. The topological polar surface area (TPSA) is 38.3 Å². The Morgan fingerprint density at radius 1 is 0.958 bits per heavy atom. The summed E-state index contributed by atoms with van der Waals surface area (Å²) in [4.78, 5) is 11.9. The molecule has 0 aromatic heterocycles. The minimum Gasteiger partial charge on any atom is -0.353 e. The van der Waals surface area contributed by atoms with Crippen molar-refractivity contribution >= 4 is 23.2 Å². The number of benzene rings is 1. The zero-order valence-electron chi connectivity index (χ0n) is 14.9. The van der Waals surface area contributed by atoms with E-state index < -0.39 is 5.56 Å². The van der Waals surface area contributed by atoms with Gasteiger partial charge in [-0.1, -0.05) is 94.5 Å². The lowest BCUT2D eigenvalue weighted by atomic mass is 10.1. The number of rotatable bonds is 14. The van der Waals surface area contributed by atoms with Gasteiger partial charge >= 0.3 is 0 Å². The molecule has 0 saturated carbocycles. The number of anilines is 1. The molecule has 0 aliphatic heterocycles. The predicted octanol–water partition coefficient (Wildman–Crippen LogP) is 6.13. The van der Waals surface area contributed by atoms with Crippen LogP contribution in [0.5, 0.6) is 0 Å². The van der Waals surface area contributed by atoms with Crippen LogP contribution in [0.4, 0.5) is 5.69 Å². The van der Waals surface area contributed by atoms with Crippen molar-refractivity contribution in [3.8, 4) is 0 Å². The number of amides is 1. The predicted molar refractivity (Wildman–Crippen MR) is 103 cm³/mol. The van der Waals surface area contributed by atoms with Crippen LogP contribution in [0.3, 0.4) is 0 Å². The molecule has 0 saturated heterocycles. The molecule has 0 aliphatic rings. The molecule has 1 aromatic carbocycles. The first-order valence-electron chi connectivity index (χ1n) is 9.35. The highest BCUT2D eigenvalue weighted by molar-refractivity contribution is 6.31. The summed E-state index contributed by atoms with van der Waals surface area (Å²) in [5.74, 6) is -0.310. The Morgan fingerprint density at radius 3 is 2.08 bits per heavy atom. The van der Waals surface area contributed by atoms with Crippen molar-refractivity contribution in [2.45, 2.75) is 76.7 Å². The number of hydrogen-bond donors (Lipinski definition) is 1. The zero-order chi connectivity index (χ0) is 17.5. The summed E-state index contributed by atoms with van der Waals surface area (Å²) in [5, 5.41) is 2.74. The lowest BCUT2D eigenvalue weighted by molar-refractivity contribution is -0.122. The van der Waals surface area contributed by atoms with Gasteiger partial charge in [0, 0.05) is 12.3 Å². The number of carbonyl (C=O) groups is 1. The summed E-state index contributed by atoms with van der Waals surface area (Å²) < 4.78 is 5.40. The number of carbonyl (C=O) groups excluding carboxylic acids is 1. The number of nitrogens with one attached hydrogen (secondary N) is 1. The molecule has 1 amide bonds. The SMILES string of the molecule is CCCCCCCCCCCCOC(Cl)C(=O)Nc1ccccc1. The summed E-state index contributed by atoms with van der Waals surface area (Å²) in [6.07, 6.45) is 12.8. The maximum atomic E-state index is 11.9. The average Bonchev–Trinajstić information content (AvgIpc) is 2.60. The molecule has 0 spiro atoms. The standard InChI is InChI=1S/C20H32ClNO2/c1-2-3-4-5-6-7-8-9-10-14-17-24-19(21)20(23)22-18-15-12-11-13-16-18/h11-13,15-16,19H,2-10,14,17H2,1H3,(H,22,23). The second kappa shape index (κ2) is 14.3. The summed E-state index contributed by atoms with van der Waals surface area (Å²) in [6, 6.07) is 9.27. The van der Waals surface area contributed by atoms with Crippen LogP contribution in [0.2, 0.25) is 0 Å². The Kier molecular flexibility index (Phi) is 12.5. The Hall–Kier alpha value is -1.06. The van der Waals surface area contributed by atoms with Crippen LogP contribution in [-0.4, -0.2) is 18.1 Å². The van der Waals surface area contributed by atoms with Gasteiger partial charge in [0.2, 0.25) is 5.56 Å². The van der Waals surface area contributed by atoms with Crippen LogP contribution >= 0.6 is 11.6 Å². The van der Waals surface area contributed by atoms with Gasteiger partial charge in [-0.2, -0.15) is 0 Å². The number of ether oxygens (including phenoxy) is 1. The van der Waals surface area contributed by atoms with E-state index in [4.69, 9.17) is 16.3 Å². The first-order chi connectivity index (χ1) is 11.7. The maximum absolute atomic E-state index is 11.9.